The lowest BCUT2D eigenvalue weighted by Crippen LogP contribution is -2.46. The monoisotopic (exact) mass is 332 g/mol. The summed E-state index contributed by atoms with van der Waals surface area (Å²) >= 11 is 6.09. The molecule has 0 spiro atoms. The highest BCUT2D eigenvalue weighted by Crippen LogP contribution is 2.23. The summed E-state index contributed by atoms with van der Waals surface area (Å²) in [7, 11) is 0. The van der Waals surface area contributed by atoms with Gasteiger partial charge in [0.25, 0.3) is 0 Å². The normalized spacial score (nSPS) is 17.4. The Bertz CT molecular complexity index is 632. The highest BCUT2D eigenvalue weighted by molar-refractivity contribution is 6.30. The summed E-state index contributed by atoms with van der Waals surface area (Å²) in [5.74, 6) is 2.59. The molecular formula is C19H25ClN2O. The maximum atomic E-state index is 6.09. The lowest BCUT2D eigenvalue weighted by molar-refractivity contribution is 0.246. The Balaban J connectivity index is 1.46. The van der Waals surface area contributed by atoms with Crippen LogP contribution in [0, 0.1) is 6.92 Å². The second-order valence-electron chi connectivity index (χ2n) is 6.45. The molecule has 3 rings (SSSR count). The predicted octanol–water partition coefficient (Wildman–Crippen LogP) is 4.56. The number of nitrogens with zero attached hydrogens (tertiary/aromatic N) is 2. The van der Waals surface area contributed by atoms with Gasteiger partial charge in [0.15, 0.2) is 0 Å². The van der Waals surface area contributed by atoms with Crippen LogP contribution >= 0.6 is 11.6 Å². The molecule has 23 heavy (non-hydrogen) atoms. The average molecular weight is 333 g/mol. The smallest absolute Gasteiger partial charge is 0.107 e. The van der Waals surface area contributed by atoms with Crippen LogP contribution in [0.5, 0.6) is 0 Å². The fourth-order valence-corrected chi connectivity index (χ4v) is 3.32. The van der Waals surface area contributed by atoms with Crippen LogP contribution < -0.4 is 4.90 Å². The number of hydrogen-bond donors (Lipinski definition) is 0. The van der Waals surface area contributed by atoms with E-state index < -0.39 is 0 Å². The second-order valence-corrected chi connectivity index (χ2v) is 6.88. The van der Waals surface area contributed by atoms with Crippen LogP contribution in [-0.4, -0.2) is 37.6 Å². The molecule has 0 saturated carbocycles. The molecule has 1 atom stereocenters. The molecule has 1 aliphatic rings. The third-order valence-electron chi connectivity index (χ3n) is 4.67. The number of benzene rings is 1. The van der Waals surface area contributed by atoms with E-state index in [9.17, 15) is 0 Å². The van der Waals surface area contributed by atoms with Gasteiger partial charge >= 0.3 is 0 Å². The third kappa shape index (κ3) is 4.30. The lowest BCUT2D eigenvalue weighted by atomic mass is 10.0. The molecule has 0 radical (unpaired) electrons. The van der Waals surface area contributed by atoms with Gasteiger partial charge in [-0.05, 0) is 50.2 Å². The van der Waals surface area contributed by atoms with Gasteiger partial charge in [0.05, 0.1) is 0 Å². The van der Waals surface area contributed by atoms with Crippen molar-refractivity contribution in [2.45, 2.75) is 26.2 Å². The van der Waals surface area contributed by atoms with Gasteiger partial charge in [-0.25, -0.2) is 0 Å². The molecule has 2 heterocycles. The zero-order valence-corrected chi connectivity index (χ0v) is 14.7. The van der Waals surface area contributed by atoms with Crippen molar-refractivity contribution in [1.82, 2.24) is 4.90 Å². The van der Waals surface area contributed by atoms with Crippen molar-refractivity contribution in [2.75, 3.05) is 37.6 Å². The number of rotatable bonds is 5. The largest absolute Gasteiger partial charge is 0.466 e. The third-order valence-corrected chi connectivity index (χ3v) is 4.91. The SMILES string of the molecule is Cc1ccc([C@@H](C)CCN2CCN(c3cccc(Cl)c3)CC2)o1. The molecule has 1 aromatic carbocycles. The van der Waals surface area contributed by atoms with Crippen LogP contribution in [0.2, 0.25) is 5.02 Å². The van der Waals surface area contributed by atoms with E-state index >= 15 is 0 Å². The van der Waals surface area contributed by atoms with E-state index in [0.29, 0.717) is 5.92 Å². The summed E-state index contributed by atoms with van der Waals surface area (Å²) in [6.45, 7) is 9.73. The predicted molar refractivity (Wildman–Crippen MR) is 96.6 cm³/mol. The van der Waals surface area contributed by atoms with Gasteiger partial charge in [-0.15, -0.1) is 0 Å². The molecule has 3 nitrogen and oxygen atoms in total. The second kappa shape index (κ2) is 7.41. The molecular weight excluding hydrogens is 308 g/mol. The Hall–Kier alpha value is -1.45. The number of aryl methyl sites for hydroxylation is 1. The first-order valence-electron chi connectivity index (χ1n) is 8.41. The first kappa shape index (κ1) is 16.4. The van der Waals surface area contributed by atoms with Crippen LogP contribution in [0.15, 0.2) is 40.8 Å². The number of hydrogen-bond acceptors (Lipinski definition) is 3. The molecule has 4 heteroatoms. The molecule has 0 bridgehead atoms. The molecule has 1 aliphatic heterocycles. The van der Waals surface area contributed by atoms with Crippen molar-refractivity contribution in [3.63, 3.8) is 0 Å². The van der Waals surface area contributed by atoms with Gasteiger partial charge in [-0.2, -0.15) is 0 Å². The minimum atomic E-state index is 0.481. The zero-order chi connectivity index (χ0) is 16.2. The lowest BCUT2D eigenvalue weighted by Gasteiger charge is -2.36. The molecule has 0 aliphatic carbocycles. The quantitative estimate of drug-likeness (QED) is 0.800. The van der Waals surface area contributed by atoms with Gasteiger partial charge < -0.3 is 9.32 Å². The average Bonchev–Trinajstić information content (AvgIpc) is 3.00. The summed E-state index contributed by atoms with van der Waals surface area (Å²) in [5, 5.41) is 0.812. The number of piperazine rings is 1. The fraction of sp³-hybridized carbons (Fsp3) is 0.474. The highest BCUT2D eigenvalue weighted by atomic mass is 35.5. The summed E-state index contributed by atoms with van der Waals surface area (Å²) in [4.78, 5) is 4.97. The molecule has 0 N–H and O–H groups in total. The standard InChI is InChI=1S/C19H25ClN2O/c1-15(19-7-6-16(2)23-19)8-9-21-10-12-22(13-11-21)18-5-3-4-17(20)14-18/h3-7,14-15H,8-13H2,1-2H3/t15-/m0/s1. The summed E-state index contributed by atoms with van der Waals surface area (Å²) < 4.78 is 5.73. The minimum Gasteiger partial charge on any atom is -0.466 e. The van der Waals surface area contributed by atoms with Gasteiger partial charge in [0, 0.05) is 42.8 Å². The van der Waals surface area contributed by atoms with Crippen LogP contribution in [-0.2, 0) is 0 Å². The van der Waals surface area contributed by atoms with Gasteiger partial charge in [-0.1, -0.05) is 24.6 Å². The molecule has 1 fully saturated rings. The number of anilines is 1. The Kier molecular flexibility index (Phi) is 5.29. The molecule has 124 valence electrons. The first-order chi connectivity index (χ1) is 11.1. The van der Waals surface area contributed by atoms with E-state index in [4.69, 9.17) is 16.0 Å². The van der Waals surface area contributed by atoms with E-state index in [1.807, 2.05) is 19.1 Å². The molecule has 0 unspecified atom stereocenters. The number of furan rings is 1. The first-order valence-corrected chi connectivity index (χ1v) is 8.79. The van der Waals surface area contributed by atoms with Crippen LogP contribution in [0.4, 0.5) is 5.69 Å². The van der Waals surface area contributed by atoms with Gasteiger partial charge in [0.1, 0.15) is 11.5 Å². The summed E-state index contributed by atoms with van der Waals surface area (Å²) in [6, 6.07) is 12.3. The Morgan fingerprint density at radius 1 is 1.13 bits per heavy atom. The van der Waals surface area contributed by atoms with Gasteiger partial charge in [0.2, 0.25) is 0 Å². The highest BCUT2D eigenvalue weighted by Gasteiger charge is 2.18. The summed E-state index contributed by atoms with van der Waals surface area (Å²) in [5.41, 5.74) is 1.23. The van der Waals surface area contributed by atoms with Crippen LogP contribution in [0.25, 0.3) is 0 Å². The van der Waals surface area contributed by atoms with Crippen molar-refractivity contribution in [3.05, 3.63) is 52.9 Å². The minimum absolute atomic E-state index is 0.481. The van der Waals surface area contributed by atoms with E-state index in [2.05, 4.69) is 41.0 Å². The van der Waals surface area contributed by atoms with Crippen molar-refractivity contribution in [3.8, 4) is 0 Å². The van der Waals surface area contributed by atoms with E-state index in [-0.39, 0.29) is 0 Å². The Morgan fingerprint density at radius 3 is 2.57 bits per heavy atom. The molecule has 1 saturated heterocycles. The van der Waals surface area contributed by atoms with Crippen molar-refractivity contribution < 1.29 is 4.42 Å². The Labute approximate surface area is 143 Å². The Morgan fingerprint density at radius 2 is 1.91 bits per heavy atom. The van der Waals surface area contributed by atoms with Gasteiger partial charge in [-0.3, -0.25) is 4.90 Å². The van der Waals surface area contributed by atoms with E-state index in [1.54, 1.807) is 0 Å². The maximum absolute atomic E-state index is 6.09. The fourth-order valence-electron chi connectivity index (χ4n) is 3.14. The van der Waals surface area contributed by atoms with Crippen LogP contribution in [0.3, 0.4) is 0 Å². The maximum Gasteiger partial charge on any atom is 0.107 e. The van der Waals surface area contributed by atoms with E-state index in [1.165, 1.54) is 5.69 Å². The molecule has 0 amide bonds. The summed E-state index contributed by atoms with van der Waals surface area (Å²) in [6.07, 6.45) is 1.14. The van der Waals surface area contributed by atoms with Crippen molar-refractivity contribution in [2.24, 2.45) is 0 Å². The van der Waals surface area contributed by atoms with Crippen molar-refractivity contribution >= 4 is 17.3 Å². The topological polar surface area (TPSA) is 19.6 Å². The van der Waals surface area contributed by atoms with E-state index in [0.717, 1.165) is 55.7 Å². The van der Waals surface area contributed by atoms with Crippen molar-refractivity contribution in [1.29, 1.82) is 0 Å². The van der Waals surface area contributed by atoms with Crippen LogP contribution in [0.1, 0.15) is 30.8 Å². The zero-order valence-electron chi connectivity index (χ0n) is 14.0. The molecule has 2 aromatic rings. The number of halogens is 1. The molecule has 1 aromatic heterocycles.